The van der Waals surface area contributed by atoms with E-state index in [0.717, 1.165) is 17.5 Å². The zero-order valence-electron chi connectivity index (χ0n) is 11.8. The third-order valence-electron chi connectivity index (χ3n) is 3.71. The van der Waals surface area contributed by atoms with E-state index in [1.807, 2.05) is 23.2 Å². The van der Waals surface area contributed by atoms with Crippen molar-refractivity contribution in [2.75, 3.05) is 13.1 Å². The van der Waals surface area contributed by atoms with E-state index in [-0.39, 0.29) is 16.3 Å². The molecule has 1 N–H and O–H groups in total. The van der Waals surface area contributed by atoms with Crippen LogP contribution in [0.15, 0.2) is 24.5 Å². The summed E-state index contributed by atoms with van der Waals surface area (Å²) in [6, 6.07) is 4.01. The van der Waals surface area contributed by atoms with Gasteiger partial charge in [0.2, 0.25) is 5.91 Å². The topological polar surface area (TPSA) is 66.1 Å². The van der Waals surface area contributed by atoms with Crippen molar-refractivity contribution in [3.8, 4) is 0 Å². The number of carbonyl (C=O) groups excluding carboxylic acids is 2. The van der Waals surface area contributed by atoms with Gasteiger partial charge in [-0.05, 0) is 24.1 Å². The predicted octanol–water partition coefficient (Wildman–Crippen LogP) is 1.99. The van der Waals surface area contributed by atoms with Gasteiger partial charge in [-0.25, -0.2) is 4.98 Å². The molecule has 1 aliphatic rings. The van der Waals surface area contributed by atoms with Crippen molar-refractivity contribution in [1.29, 1.82) is 0 Å². The Morgan fingerprint density at radius 2 is 2.38 bits per heavy atom. The Labute approximate surface area is 127 Å². The molecule has 0 spiro atoms. The second kappa shape index (κ2) is 5.89. The van der Waals surface area contributed by atoms with Crippen molar-refractivity contribution in [3.05, 3.63) is 30.1 Å². The molecule has 0 saturated carbocycles. The molecule has 1 unspecified atom stereocenters. The van der Waals surface area contributed by atoms with E-state index in [2.05, 4.69) is 9.97 Å². The number of aromatic amines is 1. The molecule has 1 saturated heterocycles. The van der Waals surface area contributed by atoms with Gasteiger partial charge in [-0.1, -0.05) is 11.8 Å². The zero-order chi connectivity index (χ0) is 14.8. The summed E-state index contributed by atoms with van der Waals surface area (Å²) >= 11 is 1.28. The number of pyridine rings is 1. The molecule has 2 aromatic rings. The van der Waals surface area contributed by atoms with Gasteiger partial charge in [-0.3, -0.25) is 9.59 Å². The van der Waals surface area contributed by atoms with E-state index in [1.54, 1.807) is 13.1 Å². The first kappa shape index (κ1) is 14.1. The lowest BCUT2D eigenvalue weighted by Crippen LogP contribution is -2.28. The molecule has 1 atom stereocenters. The number of amides is 1. The summed E-state index contributed by atoms with van der Waals surface area (Å²) in [6.45, 7) is 2.92. The zero-order valence-corrected chi connectivity index (χ0v) is 12.7. The van der Waals surface area contributed by atoms with E-state index in [9.17, 15) is 9.59 Å². The maximum absolute atomic E-state index is 12.0. The summed E-state index contributed by atoms with van der Waals surface area (Å²) in [7, 11) is 0. The largest absolute Gasteiger partial charge is 0.346 e. The van der Waals surface area contributed by atoms with Crippen LogP contribution in [0.5, 0.6) is 0 Å². The molecule has 1 aliphatic heterocycles. The van der Waals surface area contributed by atoms with Gasteiger partial charge in [0.15, 0.2) is 5.12 Å². The fraction of sp³-hybridized carbons (Fsp3) is 0.400. The summed E-state index contributed by atoms with van der Waals surface area (Å²) in [4.78, 5) is 32.3. The minimum atomic E-state index is 0.0813. The summed E-state index contributed by atoms with van der Waals surface area (Å²) in [6.07, 6.45) is 4.94. The summed E-state index contributed by atoms with van der Waals surface area (Å²) in [5.41, 5.74) is 2.07. The Bertz CT molecular complexity index is 682. The number of H-pyrrole nitrogens is 1. The molecular formula is C15H17N3O2S. The van der Waals surface area contributed by atoms with Crippen molar-refractivity contribution in [3.63, 3.8) is 0 Å². The number of carbonyl (C=O) groups is 2. The SMILES string of the molecule is CC(=O)SC1CC(=O)N(CCc2ccnc3[nH]ccc23)C1. The number of fused-ring (bicyclic) bond motifs is 1. The van der Waals surface area contributed by atoms with Gasteiger partial charge >= 0.3 is 0 Å². The smallest absolute Gasteiger partial charge is 0.223 e. The molecule has 1 amide bonds. The molecule has 3 rings (SSSR count). The van der Waals surface area contributed by atoms with Crippen LogP contribution in [0.3, 0.4) is 0 Å². The molecule has 1 fully saturated rings. The Balaban J connectivity index is 1.64. The maximum Gasteiger partial charge on any atom is 0.223 e. The van der Waals surface area contributed by atoms with Crippen molar-refractivity contribution < 1.29 is 9.59 Å². The molecule has 0 bridgehead atoms. The summed E-state index contributed by atoms with van der Waals surface area (Å²) in [5, 5.41) is 1.30. The third kappa shape index (κ3) is 3.10. The minimum absolute atomic E-state index is 0.0813. The van der Waals surface area contributed by atoms with Crippen LogP contribution in [-0.2, 0) is 16.0 Å². The minimum Gasteiger partial charge on any atom is -0.346 e. The first-order valence-corrected chi connectivity index (χ1v) is 7.87. The van der Waals surface area contributed by atoms with Crippen LogP contribution in [-0.4, -0.2) is 44.2 Å². The first-order chi connectivity index (χ1) is 10.1. The second-order valence-electron chi connectivity index (χ2n) is 5.24. The highest BCUT2D eigenvalue weighted by Crippen LogP contribution is 2.25. The van der Waals surface area contributed by atoms with E-state index in [0.29, 0.717) is 19.5 Å². The normalized spacial score (nSPS) is 18.6. The van der Waals surface area contributed by atoms with Crippen LogP contribution >= 0.6 is 11.8 Å². The van der Waals surface area contributed by atoms with Crippen molar-refractivity contribution in [2.24, 2.45) is 0 Å². The molecule has 21 heavy (non-hydrogen) atoms. The summed E-state index contributed by atoms with van der Waals surface area (Å²) < 4.78 is 0. The number of hydrogen-bond acceptors (Lipinski definition) is 4. The number of nitrogens with zero attached hydrogens (tertiary/aromatic N) is 2. The Morgan fingerprint density at radius 3 is 3.19 bits per heavy atom. The van der Waals surface area contributed by atoms with Crippen LogP contribution in [0.25, 0.3) is 11.0 Å². The van der Waals surface area contributed by atoms with Gasteiger partial charge in [0.05, 0.1) is 0 Å². The first-order valence-electron chi connectivity index (χ1n) is 6.99. The number of hydrogen-bond donors (Lipinski definition) is 1. The number of aromatic nitrogens is 2. The number of thioether (sulfide) groups is 1. The fourth-order valence-corrected chi connectivity index (χ4v) is 3.71. The average Bonchev–Trinajstić information content (AvgIpc) is 3.02. The lowest BCUT2D eigenvalue weighted by Gasteiger charge is -2.16. The van der Waals surface area contributed by atoms with Gasteiger partial charge < -0.3 is 9.88 Å². The molecule has 110 valence electrons. The second-order valence-corrected chi connectivity index (χ2v) is 6.71. The Kier molecular flexibility index (Phi) is 3.96. The number of likely N-dealkylation sites (tertiary alicyclic amines) is 1. The van der Waals surface area contributed by atoms with Gasteiger partial charge in [0.1, 0.15) is 5.65 Å². The van der Waals surface area contributed by atoms with Crippen LogP contribution < -0.4 is 0 Å². The molecule has 0 aliphatic carbocycles. The van der Waals surface area contributed by atoms with Crippen LogP contribution in [0.4, 0.5) is 0 Å². The molecule has 5 nitrogen and oxygen atoms in total. The average molecular weight is 303 g/mol. The van der Waals surface area contributed by atoms with Crippen molar-refractivity contribution in [2.45, 2.75) is 25.0 Å². The Hall–Kier alpha value is -1.82. The molecular weight excluding hydrogens is 286 g/mol. The standard InChI is InChI=1S/C15H17N3O2S/c1-10(19)21-12-8-14(20)18(9-12)7-4-11-2-5-16-15-13(11)3-6-17-15/h2-3,5-6,12H,4,7-9H2,1H3,(H,16,17). The highest BCUT2D eigenvalue weighted by molar-refractivity contribution is 8.14. The third-order valence-corrected chi connectivity index (χ3v) is 4.69. The van der Waals surface area contributed by atoms with Crippen molar-refractivity contribution in [1.82, 2.24) is 14.9 Å². The summed E-state index contributed by atoms with van der Waals surface area (Å²) in [5.74, 6) is 0.146. The molecule has 0 radical (unpaired) electrons. The highest BCUT2D eigenvalue weighted by atomic mass is 32.2. The van der Waals surface area contributed by atoms with Gasteiger partial charge in [0.25, 0.3) is 0 Å². The van der Waals surface area contributed by atoms with E-state index < -0.39 is 0 Å². The molecule has 2 aromatic heterocycles. The van der Waals surface area contributed by atoms with Crippen LogP contribution in [0.1, 0.15) is 18.9 Å². The van der Waals surface area contributed by atoms with Crippen molar-refractivity contribution >= 4 is 33.8 Å². The van der Waals surface area contributed by atoms with Gasteiger partial charge in [-0.15, -0.1) is 0 Å². The molecule has 6 heteroatoms. The Morgan fingerprint density at radius 1 is 1.52 bits per heavy atom. The fourth-order valence-electron chi connectivity index (χ4n) is 2.76. The quantitative estimate of drug-likeness (QED) is 0.938. The number of rotatable bonds is 4. The predicted molar refractivity (Wildman–Crippen MR) is 83.1 cm³/mol. The monoisotopic (exact) mass is 303 g/mol. The number of nitrogens with one attached hydrogen (secondary N) is 1. The van der Waals surface area contributed by atoms with Gasteiger partial charge in [-0.2, -0.15) is 0 Å². The maximum atomic E-state index is 12.0. The lowest BCUT2D eigenvalue weighted by atomic mass is 10.1. The van der Waals surface area contributed by atoms with E-state index in [1.165, 1.54) is 17.3 Å². The molecule has 3 heterocycles. The van der Waals surface area contributed by atoms with Crippen LogP contribution in [0, 0.1) is 0 Å². The molecule has 0 aromatic carbocycles. The van der Waals surface area contributed by atoms with E-state index in [4.69, 9.17) is 0 Å². The highest BCUT2D eigenvalue weighted by Gasteiger charge is 2.30. The van der Waals surface area contributed by atoms with Crippen LogP contribution in [0.2, 0.25) is 0 Å². The van der Waals surface area contributed by atoms with Gasteiger partial charge in [0, 0.05) is 49.5 Å². The van der Waals surface area contributed by atoms with E-state index >= 15 is 0 Å². The lowest BCUT2D eigenvalue weighted by molar-refractivity contribution is -0.127.